The van der Waals surface area contributed by atoms with E-state index >= 15 is 0 Å². The summed E-state index contributed by atoms with van der Waals surface area (Å²) in [5.41, 5.74) is 2.27. The van der Waals surface area contributed by atoms with Gasteiger partial charge >= 0.3 is 0 Å². The molecule has 1 heterocycles. The Balaban J connectivity index is 0.00000128. The third-order valence-electron chi connectivity index (χ3n) is 2.84. The molecule has 2 rings (SSSR count). The number of morpholine rings is 1. The molecule has 1 aromatic rings. The zero-order chi connectivity index (χ0) is 10.8. The first-order valence-corrected chi connectivity index (χ1v) is 5.67. The molecule has 0 amide bonds. The molecule has 2 nitrogen and oxygen atoms in total. The molecule has 0 aromatic heterocycles. The molecular formula is C12H17Cl2NO. The van der Waals surface area contributed by atoms with Gasteiger partial charge in [0, 0.05) is 17.6 Å². The standard InChI is InChI=1S/C12H16ClNO.ClH/c1-8-3-4-10(7-11(8)13)12-9(2)14-5-6-15-12;/h3-4,7,9,12,14H,5-6H2,1-2H3;1H. The van der Waals surface area contributed by atoms with Crippen molar-refractivity contribution in [3.05, 3.63) is 34.3 Å². The summed E-state index contributed by atoms with van der Waals surface area (Å²) in [6.07, 6.45) is 0.122. The summed E-state index contributed by atoms with van der Waals surface area (Å²) >= 11 is 6.10. The topological polar surface area (TPSA) is 21.3 Å². The van der Waals surface area contributed by atoms with Crippen LogP contribution < -0.4 is 5.32 Å². The highest BCUT2D eigenvalue weighted by Crippen LogP contribution is 2.27. The number of aryl methyl sites for hydroxylation is 1. The quantitative estimate of drug-likeness (QED) is 0.839. The van der Waals surface area contributed by atoms with Crippen LogP contribution in [0.5, 0.6) is 0 Å². The Morgan fingerprint density at radius 2 is 2.19 bits per heavy atom. The van der Waals surface area contributed by atoms with E-state index in [0.29, 0.717) is 6.04 Å². The van der Waals surface area contributed by atoms with Crippen molar-refractivity contribution in [2.24, 2.45) is 0 Å². The first-order valence-electron chi connectivity index (χ1n) is 5.29. The SMILES string of the molecule is Cc1ccc(C2OCCNC2C)cc1Cl.Cl. The maximum Gasteiger partial charge on any atom is 0.0976 e. The largest absolute Gasteiger partial charge is 0.371 e. The van der Waals surface area contributed by atoms with E-state index in [1.165, 1.54) is 0 Å². The van der Waals surface area contributed by atoms with E-state index in [-0.39, 0.29) is 18.5 Å². The lowest BCUT2D eigenvalue weighted by Gasteiger charge is -2.30. The number of nitrogens with one attached hydrogen (secondary N) is 1. The molecule has 4 heteroatoms. The van der Waals surface area contributed by atoms with Crippen LogP contribution >= 0.6 is 24.0 Å². The van der Waals surface area contributed by atoms with Gasteiger partial charge in [-0.25, -0.2) is 0 Å². The van der Waals surface area contributed by atoms with Gasteiger partial charge in [-0.2, -0.15) is 0 Å². The predicted octanol–water partition coefficient (Wildman–Crippen LogP) is 3.12. The minimum absolute atomic E-state index is 0. The van der Waals surface area contributed by atoms with Gasteiger partial charge in [0.05, 0.1) is 12.7 Å². The molecule has 1 aliphatic rings. The van der Waals surface area contributed by atoms with E-state index in [2.05, 4.69) is 18.3 Å². The summed E-state index contributed by atoms with van der Waals surface area (Å²) in [6.45, 7) is 5.84. The lowest BCUT2D eigenvalue weighted by Crippen LogP contribution is -2.41. The van der Waals surface area contributed by atoms with Crippen LogP contribution in [0.4, 0.5) is 0 Å². The summed E-state index contributed by atoms with van der Waals surface area (Å²) in [6, 6.07) is 6.49. The van der Waals surface area contributed by atoms with E-state index in [4.69, 9.17) is 16.3 Å². The first kappa shape index (κ1) is 13.8. The molecule has 90 valence electrons. The van der Waals surface area contributed by atoms with Crippen LogP contribution in [-0.4, -0.2) is 19.2 Å². The molecule has 0 saturated carbocycles. The Labute approximate surface area is 108 Å². The van der Waals surface area contributed by atoms with E-state index < -0.39 is 0 Å². The van der Waals surface area contributed by atoms with Gasteiger partial charge in [0.1, 0.15) is 0 Å². The second kappa shape index (κ2) is 5.87. The van der Waals surface area contributed by atoms with Crippen LogP contribution in [0.3, 0.4) is 0 Å². The van der Waals surface area contributed by atoms with Crippen molar-refractivity contribution in [1.29, 1.82) is 0 Å². The van der Waals surface area contributed by atoms with Crippen molar-refractivity contribution in [2.45, 2.75) is 26.0 Å². The number of benzene rings is 1. The lowest BCUT2D eigenvalue weighted by atomic mass is 10.0. The smallest absolute Gasteiger partial charge is 0.0976 e. The molecule has 0 bridgehead atoms. The first-order chi connectivity index (χ1) is 7.18. The zero-order valence-electron chi connectivity index (χ0n) is 9.50. The number of rotatable bonds is 1. The van der Waals surface area contributed by atoms with Crippen molar-refractivity contribution in [2.75, 3.05) is 13.2 Å². The van der Waals surface area contributed by atoms with E-state index in [1.54, 1.807) is 0 Å². The zero-order valence-corrected chi connectivity index (χ0v) is 11.1. The summed E-state index contributed by atoms with van der Waals surface area (Å²) in [4.78, 5) is 0. The van der Waals surface area contributed by atoms with Gasteiger partial charge in [0.2, 0.25) is 0 Å². The minimum Gasteiger partial charge on any atom is -0.371 e. The van der Waals surface area contributed by atoms with Crippen LogP contribution in [0, 0.1) is 6.92 Å². The van der Waals surface area contributed by atoms with Crippen molar-refractivity contribution in [3.8, 4) is 0 Å². The van der Waals surface area contributed by atoms with Gasteiger partial charge in [0.15, 0.2) is 0 Å². The van der Waals surface area contributed by atoms with Gasteiger partial charge in [-0.3, -0.25) is 0 Å². The van der Waals surface area contributed by atoms with Gasteiger partial charge in [-0.15, -0.1) is 12.4 Å². The molecule has 16 heavy (non-hydrogen) atoms. The highest BCUT2D eigenvalue weighted by molar-refractivity contribution is 6.31. The second-order valence-corrected chi connectivity index (χ2v) is 4.45. The van der Waals surface area contributed by atoms with Crippen LogP contribution in [0.2, 0.25) is 5.02 Å². The number of ether oxygens (including phenoxy) is 1. The fourth-order valence-corrected chi connectivity index (χ4v) is 2.08. The normalized spacial score (nSPS) is 24.9. The van der Waals surface area contributed by atoms with Crippen LogP contribution in [-0.2, 0) is 4.74 Å². The Morgan fingerprint density at radius 1 is 1.44 bits per heavy atom. The van der Waals surface area contributed by atoms with E-state index in [0.717, 1.165) is 29.3 Å². The molecule has 1 aromatic carbocycles. The molecular weight excluding hydrogens is 245 g/mol. The monoisotopic (exact) mass is 261 g/mol. The van der Waals surface area contributed by atoms with Crippen molar-refractivity contribution >= 4 is 24.0 Å². The maximum absolute atomic E-state index is 6.10. The molecule has 0 spiro atoms. The van der Waals surface area contributed by atoms with Crippen molar-refractivity contribution in [1.82, 2.24) is 5.32 Å². The molecule has 0 radical (unpaired) electrons. The Hall–Kier alpha value is -0.280. The predicted molar refractivity (Wildman–Crippen MR) is 69.6 cm³/mol. The molecule has 1 aliphatic heterocycles. The maximum atomic E-state index is 6.10. The van der Waals surface area contributed by atoms with Crippen molar-refractivity contribution < 1.29 is 4.74 Å². The van der Waals surface area contributed by atoms with E-state index in [9.17, 15) is 0 Å². The van der Waals surface area contributed by atoms with Crippen LogP contribution in [0.1, 0.15) is 24.2 Å². The highest BCUT2D eigenvalue weighted by Gasteiger charge is 2.23. The highest BCUT2D eigenvalue weighted by atomic mass is 35.5. The summed E-state index contributed by atoms with van der Waals surface area (Å²) in [5.74, 6) is 0. The molecule has 1 fully saturated rings. The summed E-state index contributed by atoms with van der Waals surface area (Å²) in [7, 11) is 0. The number of hydrogen-bond donors (Lipinski definition) is 1. The molecule has 2 atom stereocenters. The number of hydrogen-bond acceptors (Lipinski definition) is 2. The Morgan fingerprint density at radius 3 is 2.81 bits per heavy atom. The van der Waals surface area contributed by atoms with Crippen LogP contribution in [0.25, 0.3) is 0 Å². The van der Waals surface area contributed by atoms with Gasteiger partial charge in [0.25, 0.3) is 0 Å². The summed E-state index contributed by atoms with van der Waals surface area (Å²) in [5, 5.41) is 4.21. The van der Waals surface area contributed by atoms with Gasteiger partial charge < -0.3 is 10.1 Å². The van der Waals surface area contributed by atoms with E-state index in [1.807, 2.05) is 19.1 Å². The summed E-state index contributed by atoms with van der Waals surface area (Å²) < 4.78 is 5.75. The third kappa shape index (κ3) is 2.89. The molecule has 2 unspecified atom stereocenters. The fourth-order valence-electron chi connectivity index (χ4n) is 1.89. The molecule has 1 N–H and O–H groups in total. The molecule has 0 aliphatic carbocycles. The average Bonchev–Trinajstić information content (AvgIpc) is 2.23. The van der Waals surface area contributed by atoms with Gasteiger partial charge in [-0.1, -0.05) is 23.7 Å². The second-order valence-electron chi connectivity index (χ2n) is 4.04. The van der Waals surface area contributed by atoms with Gasteiger partial charge in [-0.05, 0) is 31.0 Å². The number of halogens is 2. The fraction of sp³-hybridized carbons (Fsp3) is 0.500. The van der Waals surface area contributed by atoms with Crippen LogP contribution in [0.15, 0.2) is 18.2 Å². The lowest BCUT2D eigenvalue weighted by molar-refractivity contribution is -0.000223. The molecule has 1 saturated heterocycles. The average molecular weight is 262 g/mol. The van der Waals surface area contributed by atoms with Crippen molar-refractivity contribution in [3.63, 3.8) is 0 Å². The Kier molecular flexibility index (Phi) is 5.06. The Bertz CT molecular complexity index is 357. The third-order valence-corrected chi connectivity index (χ3v) is 3.25. The minimum atomic E-state index is 0.